The maximum atomic E-state index is 14.0. The summed E-state index contributed by atoms with van der Waals surface area (Å²) in [4.78, 5) is 7.26. The average molecular weight is 542 g/mol. The Kier molecular flexibility index (Phi) is 5.77. The number of nitrogens with zero attached hydrogens (tertiary/aromatic N) is 6. The van der Waals surface area contributed by atoms with Crippen molar-refractivity contribution in [1.82, 2.24) is 29.4 Å². The average Bonchev–Trinajstić information content (AvgIpc) is 3.35. The molecule has 1 aliphatic heterocycles. The normalized spacial score (nSPS) is 17.8. The van der Waals surface area contributed by atoms with E-state index >= 15 is 0 Å². The largest absolute Gasteiger partial charge is 0.420 e. The number of pyridine rings is 1. The van der Waals surface area contributed by atoms with Crippen LogP contribution in [-0.2, 0) is 25.3 Å². The highest BCUT2D eigenvalue weighted by Crippen LogP contribution is 2.41. The number of ether oxygens (including phenoxy) is 1. The predicted molar refractivity (Wildman–Crippen MR) is 126 cm³/mol. The maximum absolute atomic E-state index is 14.0. The molecule has 1 unspecified atom stereocenters. The molecule has 0 saturated carbocycles. The van der Waals surface area contributed by atoms with Crippen LogP contribution < -0.4 is 5.44 Å². The number of hydrogen-bond acceptors (Lipinski definition) is 8. The maximum Gasteiger partial charge on any atom is 0.420 e. The third-order valence-electron chi connectivity index (χ3n) is 5.89. The third kappa shape index (κ3) is 4.20. The summed E-state index contributed by atoms with van der Waals surface area (Å²) in [5.74, 6) is 0. The molecule has 4 aromatic heterocycles. The number of alkyl halides is 3. The number of rotatable bonds is 4. The van der Waals surface area contributed by atoms with Crippen LogP contribution in [0.4, 0.5) is 13.2 Å². The third-order valence-corrected chi connectivity index (χ3v) is 8.19. The van der Waals surface area contributed by atoms with E-state index < -0.39 is 45.8 Å². The van der Waals surface area contributed by atoms with E-state index in [0.29, 0.717) is 30.2 Å². The number of sulfone groups is 1. The van der Waals surface area contributed by atoms with Crippen molar-refractivity contribution >= 4 is 39.0 Å². The Balaban J connectivity index is 1.92. The van der Waals surface area contributed by atoms with Crippen molar-refractivity contribution in [1.29, 1.82) is 0 Å². The summed E-state index contributed by atoms with van der Waals surface area (Å²) in [5, 5.41) is 8.48. The SMILES string of the molecule is CP(C)(=O)c1cccc2c3c(-c4nc(S(C)(=O)=O)ncc4C(F)(F)F)nn(C4CCCCO4)c3nn12. The van der Waals surface area contributed by atoms with Crippen LogP contribution in [0.3, 0.4) is 0 Å². The number of fused-ring (bicyclic) bond motifs is 3. The van der Waals surface area contributed by atoms with Crippen LogP contribution in [0.25, 0.3) is 27.9 Å². The minimum absolute atomic E-state index is 0.211. The molecule has 5 heterocycles. The van der Waals surface area contributed by atoms with E-state index in [1.54, 1.807) is 31.5 Å². The van der Waals surface area contributed by atoms with Crippen LogP contribution in [-0.4, -0.2) is 64.0 Å². The first-order chi connectivity index (χ1) is 16.8. The highest BCUT2D eigenvalue weighted by Gasteiger charge is 2.39. The van der Waals surface area contributed by atoms with Gasteiger partial charge in [0.15, 0.2) is 11.9 Å². The Morgan fingerprint density at radius 2 is 1.89 bits per heavy atom. The summed E-state index contributed by atoms with van der Waals surface area (Å²) >= 11 is 0. The molecular weight excluding hydrogens is 520 g/mol. The van der Waals surface area contributed by atoms with E-state index in [-0.39, 0.29) is 16.7 Å². The summed E-state index contributed by atoms with van der Waals surface area (Å²) in [6.45, 7) is 3.57. The highest BCUT2D eigenvalue weighted by molar-refractivity contribution is 7.90. The predicted octanol–water partition coefficient (Wildman–Crippen LogP) is 3.51. The molecule has 0 aromatic carbocycles. The van der Waals surface area contributed by atoms with Gasteiger partial charge in [0.25, 0.3) is 0 Å². The molecule has 0 radical (unpaired) electrons. The van der Waals surface area contributed by atoms with E-state index in [2.05, 4.69) is 20.2 Å². The molecule has 5 rings (SSSR count). The van der Waals surface area contributed by atoms with Crippen molar-refractivity contribution in [2.75, 3.05) is 26.2 Å². The first kappa shape index (κ1) is 24.8. The molecule has 0 amide bonds. The Bertz CT molecular complexity index is 1650. The van der Waals surface area contributed by atoms with Crippen LogP contribution in [0.15, 0.2) is 29.6 Å². The second-order valence-corrected chi connectivity index (χ2v) is 14.1. The Hall–Kier alpha value is -2.83. The van der Waals surface area contributed by atoms with Crippen LogP contribution in [0.1, 0.15) is 31.1 Å². The van der Waals surface area contributed by atoms with E-state index in [1.807, 2.05) is 0 Å². The molecule has 0 N–H and O–H groups in total. The topological polar surface area (TPSA) is 121 Å². The highest BCUT2D eigenvalue weighted by atomic mass is 32.2. The lowest BCUT2D eigenvalue weighted by atomic mass is 10.1. The summed E-state index contributed by atoms with van der Waals surface area (Å²) in [5.41, 5.74) is -1.17. The monoisotopic (exact) mass is 542 g/mol. The molecule has 15 heteroatoms. The molecule has 192 valence electrons. The van der Waals surface area contributed by atoms with Crippen molar-refractivity contribution in [3.8, 4) is 11.4 Å². The summed E-state index contributed by atoms with van der Waals surface area (Å²) in [7, 11) is -6.86. The molecule has 10 nitrogen and oxygen atoms in total. The van der Waals surface area contributed by atoms with Gasteiger partial charge in [-0.15, -0.1) is 5.10 Å². The second kappa shape index (κ2) is 8.35. The molecule has 1 saturated heterocycles. The summed E-state index contributed by atoms with van der Waals surface area (Å²) < 4.78 is 88.0. The minimum atomic E-state index is -4.89. The number of halogens is 3. The van der Waals surface area contributed by atoms with Crippen molar-refractivity contribution in [3.05, 3.63) is 30.0 Å². The lowest BCUT2D eigenvalue weighted by molar-refractivity contribution is -0.137. The van der Waals surface area contributed by atoms with Gasteiger partial charge in [-0.25, -0.2) is 27.6 Å². The summed E-state index contributed by atoms with van der Waals surface area (Å²) in [6.07, 6.45) is -2.02. The van der Waals surface area contributed by atoms with E-state index in [0.717, 1.165) is 19.1 Å². The van der Waals surface area contributed by atoms with Crippen LogP contribution in [0.2, 0.25) is 0 Å². The van der Waals surface area contributed by atoms with Gasteiger partial charge in [-0.1, -0.05) is 6.07 Å². The molecule has 1 atom stereocenters. The summed E-state index contributed by atoms with van der Waals surface area (Å²) in [6, 6.07) is 4.90. The van der Waals surface area contributed by atoms with E-state index in [4.69, 9.17) is 4.74 Å². The first-order valence-corrected chi connectivity index (χ1v) is 15.5. The van der Waals surface area contributed by atoms with Gasteiger partial charge in [0.1, 0.15) is 29.5 Å². The van der Waals surface area contributed by atoms with Crippen molar-refractivity contribution in [2.24, 2.45) is 0 Å². The van der Waals surface area contributed by atoms with Crippen LogP contribution in [0.5, 0.6) is 0 Å². The van der Waals surface area contributed by atoms with Gasteiger partial charge in [0.05, 0.1) is 10.9 Å². The lowest BCUT2D eigenvalue weighted by Gasteiger charge is -2.22. The fourth-order valence-corrected chi connectivity index (χ4v) is 5.81. The van der Waals surface area contributed by atoms with Crippen molar-refractivity contribution in [3.63, 3.8) is 0 Å². The fourth-order valence-electron chi connectivity index (χ4n) is 4.26. The Morgan fingerprint density at radius 3 is 2.50 bits per heavy atom. The molecule has 36 heavy (non-hydrogen) atoms. The molecule has 0 aliphatic carbocycles. The van der Waals surface area contributed by atoms with Crippen molar-refractivity contribution in [2.45, 2.75) is 36.8 Å². The van der Waals surface area contributed by atoms with Gasteiger partial charge in [-0.05, 0) is 44.7 Å². The number of hydrogen-bond donors (Lipinski definition) is 0. The second-order valence-electron chi connectivity index (χ2n) is 9.03. The molecular formula is C21H22F3N6O4PS. The van der Waals surface area contributed by atoms with E-state index in [9.17, 15) is 26.2 Å². The van der Waals surface area contributed by atoms with Gasteiger partial charge in [-0.2, -0.15) is 18.3 Å². The fraction of sp³-hybridized carbons (Fsp3) is 0.429. The van der Waals surface area contributed by atoms with Gasteiger partial charge in [0.2, 0.25) is 15.0 Å². The first-order valence-electron chi connectivity index (χ1n) is 11.0. The quantitative estimate of drug-likeness (QED) is 0.284. The standard InChI is InChI=1S/C21H22F3N6O4PS/c1-35(2,31)15-9-6-7-13-16-18(17-12(21(22,23)24)11-25-20(26-17)36(3,32)33)27-30(19(16)28-29(13)15)14-8-4-5-10-34-14/h6-7,9,11,14H,4-5,8,10H2,1-3H3. The zero-order chi connectivity index (χ0) is 26.0. The number of aromatic nitrogens is 6. The molecule has 0 spiro atoms. The lowest BCUT2D eigenvalue weighted by Crippen LogP contribution is -2.20. The van der Waals surface area contributed by atoms with Crippen LogP contribution >= 0.6 is 7.14 Å². The molecule has 1 aliphatic rings. The zero-order valence-corrected chi connectivity index (χ0v) is 21.2. The van der Waals surface area contributed by atoms with Gasteiger partial charge >= 0.3 is 6.18 Å². The smallest absolute Gasteiger partial charge is 0.356 e. The Labute approximate surface area is 203 Å². The zero-order valence-electron chi connectivity index (χ0n) is 19.5. The van der Waals surface area contributed by atoms with Gasteiger partial charge < -0.3 is 9.30 Å². The Morgan fingerprint density at radius 1 is 1.14 bits per heavy atom. The molecule has 0 bridgehead atoms. The molecule has 4 aromatic rings. The van der Waals surface area contributed by atoms with Crippen LogP contribution in [0, 0.1) is 0 Å². The minimum Gasteiger partial charge on any atom is -0.356 e. The van der Waals surface area contributed by atoms with E-state index in [1.165, 1.54) is 9.20 Å². The van der Waals surface area contributed by atoms with Gasteiger partial charge in [-0.3, -0.25) is 0 Å². The van der Waals surface area contributed by atoms with Crippen molar-refractivity contribution < 1.29 is 30.9 Å². The van der Waals surface area contributed by atoms with Gasteiger partial charge in [0, 0.05) is 19.1 Å². The molecule has 1 fully saturated rings.